The van der Waals surface area contributed by atoms with Crippen LogP contribution in [-0.4, -0.2) is 39.2 Å². The Kier molecular flexibility index (Phi) is 4.61. The molecule has 0 N–H and O–H groups in total. The normalized spacial score (nSPS) is 11.3. The van der Waals surface area contributed by atoms with Crippen molar-refractivity contribution in [3.05, 3.63) is 22.8 Å². The fourth-order valence-electron chi connectivity index (χ4n) is 1.14. The van der Waals surface area contributed by atoms with Crippen LogP contribution in [0.2, 0.25) is 8.45 Å². The molecule has 2 radical (unpaired) electrons. The zero-order valence-corrected chi connectivity index (χ0v) is 13.4. The summed E-state index contributed by atoms with van der Waals surface area (Å²) in [5.41, 5.74) is 0.229. The third-order valence-electron chi connectivity index (χ3n) is 1.73. The first-order chi connectivity index (χ1) is 7.33. The Morgan fingerprint density at radius 3 is 2.56 bits per heavy atom. The number of aromatic nitrogens is 1. The monoisotopic (exact) mass is 347 g/mol. The maximum absolute atomic E-state index is 11.4. The second-order valence-corrected chi connectivity index (χ2v) is 11.3. The fraction of sp³-hybridized carbons (Fsp3) is 0.455. The molecule has 0 unspecified atom stereocenters. The van der Waals surface area contributed by atoms with Gasteiger partial charge in [-0.1, -0.05) is 0 Å². The Bertz CT molecular complexity index is 401. The average molecular weight is 346 g/mol. The molecule has 1 aromatic rings. The van der Waals surface area contributed by atoms with Gasteiger partial charge in [-0.25, -0.2) is 0 Å². The van der Waals surface area contributed by atoms with Gasteiger partial charge in [0.1, 0.15) is 0 Å². The van der Waals surface area contributed by atoms with Crippen LogP contribution < -0.4 is 3.71 Å². The minimum absolute atomic E-state index is 0.229. The van der Waals surface area contributed by atoms with E-state index in [9.17, 15) is 4.79 Å². The number of ether oxygens (including phenoxy) is 1. The second kappa shape index (κ2) is 5.36. The zero-order chi connectivity index (χ0) is 12.3. The Labute approximate surface area is 111 Å². The first kappa shape index (κ1) is 13.8. The van der Waals surface area contributed by atoms with Gasteiger partial charge in [0.2, 0.25) is 0 Å². The molecule has 0 amide bonds. The van der Waals surface area contributed by atoms with E-state index in [4.69, 9.17) is 11.6 Å². The summed E-state index contributed by atoms with van der Waals surface area (Å²) in [6.45, 7) is 6.56. The predicted octanol–water partition coefficient (Wildman–Crippen LogP) is 2.07. The van der Waals surface area contributed by atoms with E-state index in [-0.39, 0.29) is 9.12 Å². The summed E-state index contributed by atoms with van der Waals surface area (Å²) in [5, 5.41) is 0.351. The Morgan fingerprint density at radius 1 is 1.44 bits per heavy atom. The Balaban J connectivity index is 3.03. The molecule has 0 saturated carbocycles. The van der Waals surface area contributed by atoms with E-state index in [0.717, 1.165) is 3.71 Å². The number of carbonyl (C=O) groups excluding carboxylic acids is 1. The molecular weight excluding hydrogens is 332 g/mol. The zero-order valence-electron chi connectivity index (χ0n) is 9.80. The number of hydrogen-bond donors (Lipinski definition) is 0. The SMILES string of the molecule is COC(=O)c1n[c]([Sn][C](C)(C)C)ccc1Cl. The van der Waals surface area contributed by atoms with E-state index in [0.29, 0.717) is 5.02 Å². The summed E-state index contributed by atoms with van der Waals surface area (Å²) in [5.74, 6) is -0.472. The Morgan fingerprint density at radius 2 is 2.06 bits per heavy atom. The van der Waals surface area contributed by atoms with Crippen molar-refractivity contribution in [2.75, 3.05) is 7.11 Å². The molecule has 0 aliphatic heterocycles. The van der Waals surface area contributed by atoms with Gasteiger partial charge in [-0.15, -0.1) is 0 Å². The van der Waals surface area contributed by atoms with Crippen molar-refractivity contribution in [1.82, 2.24) is 4.98 Å². The van der Waals surface area contributed by atoms with Gasteiger partial charge in [-0.05, 0) is 0 Å². The van der Waals surface area contributed by atoms with Gasteiger partial charge in [-0.2, -0.15) is 0 Å². The second-order valence-electron chi connectivity index (χ2n) is 4.39. The van der Waals surface area contributed by atoms with Crippen molar-refractivity contribution in [1.29, 1.82) is 0 Å². The molecule has 0 aliphatic rings. The summed E-state index contributed by atoms with van der Waals surface area (Å²) >= 11 is 5.07. The summed E-state index contributed by atoms with van der Waals surface area (Å²) in [7, 11) is 1.33. The summed E-state index contributed by atoms with van der Waals surface area (Å²) in [6.07, 6.45) is 0. The molecule has 3 nitrogen and oxygen atoms in total. The molecule has 1 rings (SSSR count). The van der Waals surface area contributed by atoms with Crippen molar-refractivity contribution in [2.45, 2.75) is 24.2 Å². The van der Waals surface area contributed by atoms with Crippen LogP contribution in [0.25, 0.3) is 0 Å². The van der Waals surface area contributed by atoms with E-state index >= 15 is 0 Å². The van der Waals surface area contributed by atoms with Crippen molar-refractivity contribution in [3.63, 3.8) is 0 Å². The van der Waals surface area contributed by atoms with Gasteiger partial charge < -0.3 is 0 Å². The molecule has 0 fully saturated rings. The van der Waals surface area contributed by atoms with Crippen LogP contribution in [0.5, 0.6) is 0 Å². The fourth-order valence-corrected chi connectivity index (χ4v) is 4.47. The van der Waals surface area contributed by atoms with E-state index in [1.54, 1.807) is 6.07 Å². The molecule has 0 bridgehead atoms. The molecule has 0 aliphatic carbocycles. The molecule has 5 heteroatoms. The van der Waals surface area contributed by atoms with E-state index in [2.05, 4.69) is 30.5 Å². The standard InChI is InChI=1S/C7H5ClNO2.C4H9.Sn/c1-11-7(10)6-5(8)3-2-4-9-6;1-4(2)3;/h2-3H,1H3;1-3H3;. The van der Waals surface area contributed by atoms with Crippen LogP contribution in [0.15, 0.2) is 12.1 Å². The van der Waals surface area contributed by atoms with Gasteiger partial charge in [0.05, 0.1) is 0 Å². The van der Waals surface area contributed by atoms with Gasteiger partial charge in [0, 0.05) is 0 Å². The van der Waals surface area contributed by atoms with E-state index in [1.807, 2.05) is 6.07 Å². The minimum atomic E-state index is -0.822. The summed E-state index contributed by atoms with van der Waals surface area (Å²) < 4.78 is 5.94. The summed E-state index contributed by atoms with van der Waals surface area (Å²) in [4.78, 5) is 15.7. The molecule has 0 spiro atoms. The van der Waals surface area contributed by atoms with Crippen molar-refractivity contribution >= 4 is 42.4 Å². The molecule has 0 saturated heterocycles. The maximum atomic E-state index is 11.4. The molecule has 86 valence electrons. The molecule has 0 aromatic carbocycles. The van der Waals surface area contributed by atoms with Gasteiger partial charge >= 0.3 is 111 Å². The van der Waals surface area contributed by atoms with Gasteiger partial charge in [-0.3, -0.25) is 0 Å². The third kappa shape index (κ3) is 3.94. The first-order valence-electron chi connectivity index (χ1n) is 4.86. The van der Waals surface area contributed by atoms with E-state index < -0.39 is 27.1 Å². The number of esters is 1. The number of methoxy groups -OCH3 is 1. The number of hydrogen-bond acceptors (Lipinski definition) is 3. The van der Waals surface area contributed by atoms with Crippen LogP contribution in [0.1, 0.15) is 31.3 Å². The quantitative estimate of drug-likeness (QED) is 0.608. The average Bonchev–Trinajstić information content (AvgIpc) is 2.18. The predicted molar refractivity (Wildman–Crippen MR) is 65.7 cm³/mol. The summed E-state index contributed by atoms with van der Waals surface area (Å²) in [6, 6.07) is 3.63. The molecule has 1 aromatic heterocycles. The third-order valence-corrected chi connectivity index (χ3v) is 5.70. The molecule has 16 heavy (non-hydrogen) atoms. The van der Waals surface area contributed by atoms with Gasteiger partial charge in [0.25, 0.3) is 0 Å². The van der Waals surface area contributed by atoms with Crippen LogP contribution in [-0.2, 0) is 4.74 Å². The van der Waals surface area contributed by atoms with Crippen LogP contribution in [0, 0.1) is 0 Å². The number of nitrogens with zero attached hydrogens (tertiary/aromatic N) is 1. The number of halogens is 1. The number of rotatable bonds is 2. The van der Waals surface area contributed by atoms with Gasteiger partial charge in [0.15, 0.2) is 0 Å². The number of pyridine rings is 1. The van der Waals surface area contributed by atoms with Crippen LogP contribution >= 0.6 is 11.6 Å². The molecule has 1 heterocycles. The topological polar surface area (TPSA) is 39.2 Å². The van der Waals surface area contributed by atoms with Crippen LogP contribution in [0.3, 0.4) is 0 Å². The first-order valence-corrected chi connectivity index (χ1v) is 8.10. The molecular formula is C11H14ClNO2Sn. The van der Waals surface area contributed by atoms with Crippen molar-refractivity contribution in [3.8, 4) is 0 Å². The van der Waals surface area contributed by atoms with Crippen molar-refractivity contribution < 1.29 is 9.53 Å². The van der Waals surface area contributed by atoms with Crippen molar-refractivity contribution in [2.24, 2.45) is 0 Å². The Hall–Kier alpha value is -0.291. The molecule has 0 atom stereocenters. The number of carbonyl (C=O) groups is 1. The van der Waals surface area contributed by atoms with E-state index in [1.165, 1.54) is 7.11 Å². The van der Waals surface area contributed by atoms with Crippen LogP contribution in [0.4, 0.5) is 0 Å².